The number of hydrogen-bond donors (Lipinski definition) is 2. The maximum atomic E-state index is 11.6. The summed E-state index contributed by atoms with van der Waals surface area (Å²) in [5.41, 5.74) is 5.74. The molecule has 0 saturated heterocycles. The Morgan fingerprint density at radius 2 is 2.27 bits per heavy atom. The maximum absolute atomic E-state index is 11.6. The summed E-state index contributed by atoms with van der Waals surface area (Å²) in [6.45, 7) is 6.46. The summed E-state index contributed by atoms with van der Waals surface area (Å²) in [5.74, 6) is 5.45. The van der Waals surface area contributed by atoms with Gasteiger partial charge in [0, 0.05) is 18.8 Å². The van der Waals surface area contributed by atoms with Gasteiger partial charge in [-0.3, -0.25) is 9.36 Å². The lowest BCUT2D eigenvalue weighted by Gasteiger charge is -2.09. The highest BCUT2D eigenvalue weighted by Gasteiger charge is 2.06. The second-order valence-electron chi connectivity index (χ2n) is 4.95. The molecular formula is C15H22N4O3. The van der Waals surface area contributed by atoms with Crippen molar-refractivity contribution in [3.63, 3.8) is 0 Å². The molecule has 0 aliphatic carbocycles. The zero-order chi connectivity index (χ0) is 16.5. The highest BCUT2D eigenvalue weighted by molar-refractivity contribution is 5.77. The van der Waals surface area contributed by atoms with Crippen molar-refractivity contribution in [1.82, 2.24) is 14.9 Å². The van der Waals surface area contributed by atoms with E-state index in [4.69, 9.17) is 10.5 Å². The van der Waals surface area contributed by atoms with Crippen molar-refractivity contribution in [2.45, 2.75) is 33.2 Å². The summed E-state index contributed by atoms with van der Waals surface area (Å²) in [6.07, 6.45) is 2.44. The topological polar surface area (TPSA) is 99.2 Å². The third-order valence-corrected chi connectivity index (χ3v) is 2.72. The standard InChI is InChI=1S/C15H22N4O3/c1-4-8-22-10-13(20)17-7-5-6-12-9-19(11(2)3)15(21)18-14(12)16/h9,11H,4,7-8,10H2,1-3H3,(H,17,20)(H2,16,18,21). The van der Waals surface area contributed by atoms with Crippen molar-refractivity contribution in [2.24, 2.45) is 0 Å². The molecule has 120 valence electrons. The molecule has 1 amide bonds. The number of carbonyl (C=O) groups is 1. The van der Waals surface area contributed by atoms with Crippen molar-refractivity contribution < 1.29 is 9.53 Å². The van der Waals surface area contributed by atoms with Crippen LogP contribution in [-0.4, -0.2) is 35.2 Å². The van der Waals surface area contributed by atoms with E-state index in [1.807, 2.05) is 20.8 Å². The van der Waals surface area contributed by atoms with Crippen molar-refractivity contribution in [2.75, 3.05) is 25.5 Å². The zero-order valence-corrected chi connectivity index (χ0v) is 13.2. The van der Waals surface area contributed by atoms with Gasteiger partial charge in [0.25, 0.3) is 0 Å². The lowest BCUT2D eigenvalue weighted by atomic mass is 10.3. The van der Waals surface area contributed by atoms with Crippen LogP contribution in [0.3, 0.4) is 0 Å². The SMILES string of the molecule is CCCOCC(=O)NCC#Cc1cn(C(C)C)c(=O)nc1N. The molecule has 0 saturated carbocycles. The minimum absolute atomic E-state index is 0.0252. The lowest BCUT2D eigenvalue weighted by Crippen LogP contribution is -2.28. The van der Waals surface area contributed by atoms with E-state index >= 15 is 0 Å². The molecule has 0 spiro atoms. The van der Waals surface area contributed by atoms with E-state index in [-0.39, 0.29) is 30.9 Å². The molecule has 1 aromatic rings. The van der Waals surface area contributed by atoms with Crippen LogP contribution in [0.25, 0.3) is 0 Å². The van der Waals surface area contributed by atoms with E-state index < -0.39 is 5.69 Å². The van der Waals surface area contributed by atoms with Gasteiger partial charge in [-0.1, -0.05) is 18.8 Å². The fraction of sp³-hybridized carbons (Fsp3) is 0.533. The first-order chi connectivity index (χ1) is 10.5. The minimum Gasteiger partial charge on any atom is -0.382 e. The number of rotatable bonds is 6. The first-order valence-corrected chi connectivity index (χ1v) is 7.17. The smallest absolute Gasteiger partial charge is 0.349 e. The molecule has 3 N–H and O–H groups in total. The van der Waals surface area contributed by atoms with E-state index in [9.17, 15) is 9.59 Å². The predicted molar refractivity (Wildman–Crippen MR) is 84.3 cm³/mol. The second kappa shape index (κ2) is 8.85. The van der Waals surface area contributed by atoms with E-state index in [1.165, 1.54) is 4.57 Å². The van der Waals surface area contributed by atoms with Gasteiger partial charge in [0.15, 0.2) is 0 Å². The van der Waals surface area contributed by atoms with Crippen LogP contribution in [0.2, 0.25) is 0 Å². The Balaban J connectivity index is 2.63. The summed E-state index contributed by atoms with van der Waals surface area (Å²) in [5, 5.41) is 2.61. The molecule has 0 atom stereocenters. The molecule has 0 aliphatic heterocycles. The first-order valence-electron chi connectivity index (χ1n) is 7.17. The molecule has 7 heteroatoms. The molecule has 1 heterocycles. The molecule has 0 aromatic carbocycles. The summed E-state index contributed by atoms with van der Waals surface area (Å²) >= 11 is 0. The fourth-order valence-electron chi connectivity index (χ4n) is 1.59. The molecule has 0 aliphatic rings. The summed E-state index contributed by atoms with van der Waals surface area (Å²) in [4.78, 5) is 26.8. The fourth-order valence-corrected chi connectivity index (χ4v) is 1.59. The Morgan fingerprint density at radius 3 is 2.91 bits per heavy atom. The van der Waals surface area contributed by atoms with Gasteiger partial charge in [0.1, 0.15) is 12.4 Å². The Bertz CT molecular complexity index is 626. The summed E-state index contributed by atoms with van der Waals surface area (Å²) in [6, 6.07) is -0.0310. The van der Waals surface area contributed by atoms with Crippen molar-refractivity contribution in [3.05, 3.63) is 22.2 Å². The van der Waals surface area contributed by atoms with Crippen molar-refractivity contribution in [1.29, 1.82) is 0 Å². The van der Waals surface area contributed by atoms with Gasteiger partial charge in [-0.2, -0.15) is 4.98 Å². The Hall–Kier alpha value is -2.33. The third-order valence-electron chi connectivity index (χ3n) is 2.72. The number of nitrogens with one attached hydrogen (secondary N) is 1. The zero-order valence-electron chi connectivity index (χ0n) is 13.2. The number of amides is 1. The molecule has 1 aromatic heterocycles. The molecule has 22 heavy (non-hydrogen) atoms. The number of nitrogens with zero attached hydrogens (tertiary/aromatic N) is 2. The highest BCUT2D eigenvalue weighted by Crippen LogP contribution is 2.06. The summed E-state index contributed by atoms with van der Waals surface area (Å²) in [7, 11) is 0. The van der Waals surface area contributed by atoms with E-state index in [0.717, 1.165) is 6.42 Å². The van der Waals surface area contributed by atoms with Crippen LogP contribution in [0.15, 0.2) is 11.0 Å². The van der Waals surface area contributed by atoms with Crippen LogP contribution < -0.4 is 16.7 Å². The number of aromatic nitrogens is 2. The van der Waals surface area contributed by atoms with Gasteiger partial charge >= 0.3 is 5.69 Å². The maximum Gasteiger partial charge on any atom is 0.349 e. The molecule has 0 bridgehead atoms. The van der Waals surface area contributed by atoms with Gasteiger partial charge in [-0.25, -0.2) is 4.79 Å². The van der Waals surface area contributed by atoms with Gasteiger partial charge < -0.3 is 15.8 Å². The number of nitrogens with two attached hydrogens (primary N) is 1. The number of nitrogen functional groups attached to an aromatic ring is 1. The monoisotopic (exact) mass is 306 g/mol. The number of carbonyl (C=O) groups excluding carboxylic acids is 1. The third kappa shape index (κ3) is 5.58. The molecule has 0 unspecified atom stereocenters. The first kappa shape index (κ1) is 17.7. The number of ether oxygens (including phenoxy) is 1. The molecular weight excluding hydrogens is 284 g/mol. The normalized spacial score (nSPS) is 10.2. The van der Waals surface area contributed by atoms with Crippen LogP contribution in [0.1, 0.15) is 38.8 Å². The quantitative estimate of drug-likeness (QED) is 0.582. The summed E-state index contributed by atoms with van der Waals surface area (Å²) < 4.78 is 6.56. The van der Waals surface area contributed by atoms with Gasteiger partial charge in [0.2, 0.25) is 5.91 Å². The Labute approximate surface area is 129 Å². The predicted octanol–water partition coefficient (Wildman–Crippen LogP) is 0.301. The Morgan fingerprint density at radius 1 is 1.55 bits per heavy atom. The molecule has 0 radical (unpaired) electrons. The largest absolute Gasteiger partial charge is 0.382 e. The number of anilines is 1. The van der Waals surface area contributed by atoms with Gasteiger partial charge in [-0.05, 0) is 20.3 Å². The van der Waals surface area contributed by atoms with Crippen molar-refractivity contribution in [3.8, 4) is 11.8 Å². The molecule has 1 rings (SSSR count). The van der Waals surface area contributed by atoms with Crippen LogP contribution in [-0.2, 0) is 9.53 Å². The van der Waals surface area contributed by atoms with Gasteiger partial charge in [-0.15, -0.1) is 0 Å². The van der Waals surface area contributed by atoms with Crippen LogP contribution >= 0.6 is 0 Å². The van der Waals surface area contributed by atoms with Crippen LogP contribution in [0.5, 0.6) is 0 Å². The van der Waals surface area contributed by atoms with E-state index in [2.05, 4.69) is 22.1 Å². The highest BCUT2D eigenvalue weighted by atomic mass is 16.5. The van der Waals surface area contributed by atoms with E-state index in [1.54, 1.807) is 6.20 Å². The van der Waals surface area contributed by atoms with Crippen LogP contribution in [0.4, 0.5) is 5.82 Å². The van der Waals surface area contributed by atoms with Gasteiger partial charge in [0.05, 0.1) is 12.1 Å². The lowest BCUT2D eigenvalue weighted by molar-refractivity contribution is -0.125. The Kier molecular flexibility index (Phi) is 7.13. The minimum atomic E-state index is -0.403. The second-order valence-corrected chi connectivity index (χ2v) is 4.95. The average Bonchev–Trinajstić information content (AvgIpc) is 2.45. The van der Waals surface area contributed by atoms with E-state index in [0.29, 0.717) is 12.2 Å². The average molecular weight is 306 g/mol. The molecule has 7 nitrogen and oxygen atoms in total. The van der Waals surface area contributed by atoms with Crippen molar-refractivity contribution >= 4 is 11.7 Å². The number of hydrogen-bond acceptors (Lipinski definition) is 5. The molecule has 0 fully saturated rings. The van der Waals surface area contributed by atoms with Crippen LogP contribution in [0, 0.1) is 11.8 Å².